The Hall–Kier alpha value is -2.04. The fourth-order valence-corrected chi connectivity index (χ4v) is 2.98. The summed E-state index contributed by atoms with van der Waals surface area (Å²) in [4.78, 5) is 26.5. The smallest absolute Gasteiger partial charge is 0.257 e. The van der Waals surface area contributed by atoms with Crippen LogP contribution in [0.2, 0.25) is 0 Å². The average Bonchev–Trinajstić information content (AvgIpc) is 2.54. The molecule has 0 aromatic heterocycles. The molecule has 1 aromatic carbocycles. The Labute approximate surface area is 144 Å². The molecule has 0 aliphatic carbocycles. The van der Waals surface area contributed by atoms with E-state index >= 15 is 0 Å². The summed E-state index contributed by atoms with van der Waals surface area (Å²) in [6.07, 6.45) is 3.21. The number of rotatable bonds is 6. The zero-order valence-corrected chi connectivity index (χ0v) is 14.9. The van der Waals surface area contributed by atoms with Gasteiger partial charge in [0.05, 0.1) is 11.7 Å². The van der Waals surface area contributed by atoms with Gasteiger partial charge in [-0.1, -0.05) is 19.1 Å². The van der Waals surface area contributed by atoms with Crippen LogP contribution < -0.4 is 10.1 Å². The molecule has 1 heterocycles. The van der Waals surface area contributed by atoms with Gasteiger partial charge in [-0.05, 0) is 45.2 Å². The Kier molecular flexibility index (Phi) is 6.64. The number of carbonyl (C=O) groups is 2. The molecule has 5 heteroatoms. The third-order valence-electron chi connectivity index (χ3n) is 4.03. The van der Waals surface area contributed by atoms with Gasteiger partial charge in [-0.3, -0.25) is 9.59 Å². The van der Waals surface area contributed by atoms with Crippen molar-refractivity contribution >= 4 is 11.8 Å². The Morgan fingerprint density at radius 3 is 2.79 bits per heavy atom. The van der Waals surface area contributed by atoms with Crippen LogP contribution in [0.5, 0.6) is 5.75 Å². The van der Waals surface area contributed by atoms with E-state index in [4.69, 9.17) is 4.74 Å². The van der Waals surface area contributed by atoms with Gasteiger partial charge in [-0.25, -0.2) is 0 Å². The van der Waals surface area contributed by atoms with E-state index in [0.717, 1.165) is 25.8 Å². The summed E-state index contributed by atoms with van der Waals surface area (Å²) in [5.74, 6) is 0.663. The maximum absolute atomic E-state index is 12.9. The van der Waals surface area contributed by atoms with Crippen LogP contribution in [0.15, 0.2) is 24.3 Å². The van der Waals surface area contributed by atoms with E-state index in [0.29, 0.717) is 24.3 Å². The molecule has 1 aromatic rings. The predicted octanol–water partition coefficient (Wildman–Crippen LogP) is 2.99. The summed E-state index contributed by atoms with van der Waals surface area (Å²) < 4.78 is 5.76. The molecule has 0 spiro atoms. The molecule has 2 rings (SSSR count). The summed E-state index contributed by atoms with van der Waals surface area (Å²) in [5.41, 5.74) is 0.590. The van der Waals surface area contributed by atoms with Crippen LogP contribution in [-0.4, -0.2) is 41.9 Å². The van der Waals surface area contributed by atoms with E-state index in [1.54, 1.807) is 6.07 Å². The first-order valence-corrected chi connectivity index (χ1v) is 8.85. The number of benzene rings is 1. The van der Waals surface area contributed by atoms with Crippen molar-refractivity contribution in [2.75, 3.05) is 13.1 Å². The number of likely N-dealkylation sites (tertiary alicyclic amines) is 1. The summed E-state index contributed by atoms with van der Waals surface area (Å²) in [6.45, 7) is 7.16. The van der Waals surface area contributed by atoms with Crippen LogP contribution in [0.1, 0.15) is 56.8 Å². The van der Waals surface area contributed by atoms with E-state index in [-0.39, 0.29) is 24.0 Å². The molecular weight excluding hydrogens is 304 g/mol. The molecule has 1 N–H and O–H groups in total. The van der Waals surface area contributed by atoms with Gasteiger partial charge in [0.1, 0.15) is 5.75 Å². The first kappa shape index (κ1) is 18.3. The number of carbonyl (C=O) groups excluding carboxylic acids is 2. The first-order chi connectivity index (χ1) is 11.5. The van der Waals surface area contributed by atoms with Gasteiger partial charge in [0.2, 0.25) is 5.91 Å². The fraction of sp³-hybridized carbons (Fsp3) is 0.579. The van der Waals surface area contributed by atoms with Gasteiger partial charge in [0.25, 0.3) is 5.91 Å². The van der Waals surface area contributed by atoms with Gasteiger partial charge < -0.3 is 15.0 Å². The molecule has 1 unspecified atom stereocenters. The van der Waals surface area contributed by atoms with E-state index in [1.165, 1.54) is 0 Å². The van der Waals surface area contributed by atoms with Crippen molar-refractivity contribution in [2.24, 2.45) is 0 Å². The van der Waals surface area contributed by atoms with Crippen molar-refractivity contribution in [3.05, 3.63) is 29.8 Å². The number of nitrogens with zero attached hydrogens (tertiary/aromatic N) is 1. The summed E-state index contributed by atoms with van der Waals surface area (Å²) in [7, 11) is 0. The quantitative estimate of drug-likeness (QED) is 0.871. The lowest BCUT2D eigenvalue weighted by atomic mass is 10.0. The molecule has 24 heavy (non-hydrogen) atoms. The maximum Gasteiger partial charge on any atom is 0.257 e. The highest BCUT2D eigenvalue weighted by Crippen LogP contribution is 2.23. The van der Waals surface area contributed by atoms with E-state index in [1.807, 2.05) is 43.9 Å². The Morgan fingerprint density at radius 2 is 2.08 bits per heavy atom. The minimum absolute atomic E-state index is 0.0152. The molecule has 1 saturated heterocycles. The highest BCUT2D eigenvalue weighted by atomic mass is 16.5. The predicted molar refractivity (Wildman–Crippen MR) is 94.2 cm³/mol. The zero-order chi connectivity index (χ0) is 17.5. The second-order valence-electron chi connectivity index (χ2n) is 6.57. The van der Waals surface area contributed by atoms with Crippen LogP contribution in [0.25, 0.3) is 0 Å². The molecular formula is C19H28N2O3. The third kappa shape index (κ3) is 4.98. The first-order valence-electron chi connectivity index (χ1n) is 8.85. The molecule has 0 radical (unpaired) electrons. The Balaban J connectivity index is 2.05. The Morgan fingerprint density at radius 1 is 1.33 bits per heavy atom. The second kappa shape index (κ2) is 8.71. The van der Waals surface area contributed by atoms with Crippen LogP contribution in [0.3, 0.4) is 0 Å². The average molecular weight is 332 g/mol. The van der Waals surface area contributed by atoms with Crippen molar-refractivity contribution < 1.29 is 14.3 Å². The van der Waals surface area contributed by atoms with Gasteiger partial charge in [0.15, 0.2) is 0 Å². The number of hydrogen-bond acceptors (Lipinski definition) is 3. The second-order valence-corrected chi connectivity index (χ2v) is 6.57. The van der Waals surface area contributed by atoms with Crippen LogP contribution in [0, 0.1) is 0 Å². The van der Waals surface area contributed by atoms with E-state index in [2.05, 4.69) is 5.32 Å². The minimum atomic E-state index is -0.0271. The number of para-hydroxylation sites is 1. The standard InChI is InChI=1S/C19H28N2O3/c1-4-8-18(22)20-15-9-7-12-21(13-15)19(23)16-10-5-6-11-17(16)24-14(2)3/h5-6,10-11,14-15H,4,7-9,12-13H2,1-3H3,(H,20,22). The van der Waals surface area contributed by atoms with Crippen molar-refractivity contribution in [3.63, 3.8) is 0 Å². The fourth-order valence-electron chi connectivity index (χ4n) is 2.98. The lowest BCUT2D eigenvalue weighted by molar-refractivity contribution is -0.122. The molecule has 1 atom stereocenters. The largest absolute Gasteiger partial charge is 0.490 e. The molecule has 1 aliphatic rings. The van der Waals surface area contributed by atoms with E-state index in [9.17, 15) is 9.59 Å². The Bertz CT molecular complexity index is 571. The molecule has 5 nitrogen and oxygen atoms in total. The third-order valence-corrected chi connectivity index (χ3v) is 4.03. The molecule has 1 fully saturated rings. The maximum atomic E-state index is 12.9. The van der Waals surface area contributed by atoms with Gasteiger partial charge in [-0.2, -0.15) is 0 Å². The number of hydrogen-bond donors (Lipinski definition) is 1. The SMILES string of the molecule is CCCC(=O)NC1CCCN(C(=O)c2ccccc2OC(C)C)C1. The normalized spacial score (nSPS) is 17.7. The molecule has 0 bridgehead atoms. The van der Waals surface area contributed by atoms with Crippen molar-refractivity contribution in [1.82, 2.24) is 10.2 Å². The highest BCUT2D eigenvalue weighted by Gasteiger charge is 2.27. The number of nitrogens with one attached hydrogen (secondary N) is 1. The summed E-state index contributed by atoms with van der Waals surface area (Å²) in [5, 5.41) is 3.04. The van der Waals surface area contributed by atoms with Crippen molar-refractivity contribution in [3.8, 4) is 5.75 Å². The number of amides is 2. The topological polar surface area (TPSA) is 58.6 Å². The zero-order valence-electron chi connectivity index (χ0n) is 14.9. The monoisotopic (exact) mass is 332 g/mol. The lowest BCUT2D eigenvalue weighted by Gasteiger charge is -2.33. The van der Waals surface area contributed by atoms with Crippen LogP contribution >= 0.6 is 0 Å². The molecule has 0 saturated carbocycles. The number of piperidine rings is 1. The highest BCUT2D eigenvalue weighted by molar-refractivity contribution is 5.97. The van der Waals surface area contributed by atoms with E-state index < -0.39 is 0 Å². The van der Waals surface area contributed by atoms with Crippen molar-refractivity contribution in [2.45, 2.75) is 58.6 Å². The number of ether oxygens (including phenoxy) is 1. The molecule has 132 valence electrons. The molecule has 2 amide bonds. The van der Waals surface area contributed by atoms with Crippen LogP contribution in [0.4, 0.5) is 0 Å². The summed E-state index contributed by atoms with van der Waals surface area (Å²) in [6, 6.07) is 7.40. The van der Waals surface area contributed by atoms with Crippen molar-refractivity contribution in [1.29, 1.82) is 0 Å². The summed E-state index contributed by atoms with van der Waals surface area (Å²) >= 11 is 0. The lowest BCUT2D eigenvalue weighted by Crippen LogP contribution is -2.49. The molecule has 1 aliphatic heterocycles. The van der Waals surface area contributed by atoms with Gasteiger partial charge in [0, 0.05) is 25.6 Å². The minimum Gasteiger partial charge on any atom is -0.490 e. The van der Waals surface area contributed by atoms with Gasteiger partial charge in [-0.15, -0.1) is 0 Å². The van der Waals surface area contributed by atoms with Gasteiger partial charge >= 0.3 is 0 Å². The van der Waals surface area contributed by atoms with Crippen LogP contribution in [-0.2, 0) is 4.79 Å².